The lowest BCUT2D eigenvalue weighted by molar-refractivity contribution is -0.167. The van der Waals surface area contributed by atoms with E-state index in [0.717, 1.165) is 57.8 Å². The molecule has 0 saturated carbocycles. The molecule has 0 aliphatic carbocycles. The highest BCUT2D eigenvalue weighted by Crippen LogP contribution is 2.11. The summed E-state index contributed by atoms with van der Waals surface area (Å²) in [5.41, 5.74) is 0. The number of hydrogen-bond donors (Lipinski definition) is 1. The molecule has 5 heteroatoms. The third-order valence-corrected chi connectivity index (χ3v) is 4.85. The standard InChI is InChI=1S/C23H42O5/c1-4-6-7-14-17-20(24)18-15-12-10-8-9-11-13-16-19-22(25)28-23(26)21(5-2)27-3/h12,15,20-21,24H,4-11,13-14,16-19H2,1-3H3/t20-,21?/m1/s1. The molecule has 0 aromatic heterocycles. The summed E-state index contributed by atoms with van der Waals surface area (Å²) >= 11 is 0. The number of aliphatic hydroxyl groups is 1. The molecule has 1 N–H and O–H groups in total. The maximum absolute atomic E-state index is 11.6. The third kappa shape index (κ3) is 15.8. The average Bonchev–Trinajstić information content (AvgIpc) is 2.67. The number of methoxy groups -OCH3 is 1. The molecule has 0 aliphatic heterocycles. The molecule has 0 fully saturated rings. The third-order valence-electron chi connectivity index (χ3n) is 4.85. The van der Waals surface area contributed by atoms with Gasteiger partial charge in [0.25, 0.3) is 0 Å². The van der Waals surface area contributed by atoms with Crippen molar-refractivity contribution in [3.05, 3.63) is 12.2 Å². The Labute approximate surface area is 171 Å². The minimum Gasteiger partial charge on any atom is -0.393 e. The number of aliphatic hydroxyl groups excluding tert-OH is 1. The monoisotopic (exact) mass is 398 g/mol. The first kappa shape index (κ1) is 26.8. The lowest BCUT2D eigenvalue weighted by atomic mass is 10.1. The van der Waals surface area contributed by atoms with Crippen molar-refractivity contribution in [2.75, 3.05) is 7.11 Å². The highest BCUT2D eigenvalue weighted by Gasteiger charge is 2.20. The van der Waals surface area contributed by atoms with Crippen molar-refractivity contribution in [1.82, 2.24) is 0 Å². The van der Waals surface area contributed by atoms with Crippen LogP contribution in [0.3, 0.4) is 0 Å². The molecule has 28 heavy (non-hydrogen) atoms. The van der Waals surface area contributed by atoms with E-state index in [1.165, 1.54) is 26.4 Å². The van der Waals surface area contributed by atoms with E-state index in [4.69, 9.17) is 9.47 Å². The van der Waals surface area contributed by atoms with Gasteiger partial charge in [-0.2, -0.15) is 0 Å². The van der Waals surface area contributed by atoms with Crippen molar-refractivity contribution in [1.29, 1.82) is 0 Å². The van der Waals surface area contributed by atoms with Gasteiger partial charge in [-0.25, -0.2) is 4.79 Å². The van der Waals surface area contributed by atoms with Gasteiger partial charge in [-0.1, -0.05) is 70.9 Å². The second kappa shape index (κ2) is 19.1. The van der Waals surface area contributed by atoms with Crippen LogP contribution >= 0.6 is 0 Å². The highest BCUT2D eigenvalue weighted by molar-refractivity contribution is 5.87. The Balaban J connectivity index is 3.52. The summed E-state index contributed by atoms with van der Waals surface area (Å²) in [5, 5.41) is 9.89. The van der Waals surface area contributed by atoms with Crippen LogP contribution in [-0.4, -0.2) is 36.4 Å². The zero-order chi connectivity index (χ0) is 21.0. The van der Waals surface area contributed by atoms with Crippen LogP contribution in [0.25, 0.3) is 0 Å². The smallest absolute Gasteiger partial charge is 0.342 e. The van der Waals surface area contributed by atoms with Gasteiger partial charge in [-0.05, 0) is 38.5 Å². The van der Waals surface area contributed by atoms with Gasteiger partial charge in [0.1, 0.15) is 0 Å². The molecular formula is C23H42O5. The number of carbonyl (C=O) groups is 2. The molecule has 0 bridgehead atoms. The normalized spacial score (nSPS) is 13.6. The largest absolute Gasteiger partial charge is 0.393 e. The summed E-state index contributed by atoms with van der Waals surface area (Å²) in [4.78, 5) is 23.2. The van der Waals surface area contributed by atoms with Crippen LogP contribution in [0.15, 0.2) is 12.2 Å². The molecule has 0 amide bonds. The molecule has 5 nitrogen and oxygen atoms in total. The van der Waals surface area contributed by atoms with E-state index in [1.54, 1.807) is 0 Å². The van der Waals surface area contributed by atoms with Gasteiger partial charge in [-0.3, -0.25) is 4.79 Å². The SMILES string of the molecule is CCCCCC[C@@H](O)CC=CCCCCCCCC(=O)OC(=O)C(CC)OC. The van der Waals surface area contributed by atoms with E-state index < -0.39 is 18.0 Å². The summed E-state index contributed by atoms with van der Waals surface area (Å²) in [7, 11) is 1.44. The van der Waals surface area contributed by atoms with E-state index >= 15 is 0 Å². The van der Waals surface area contributed by atoms with Crippen LogP contribution in [0, 0.1) is 0 Å². The van der Waals surface area contributed by atoms with Crippen molar-refractivity contribution in [2.45, 2.75) is 116 Å². The molecule has 0 saturated heterocycles. The maximum atomic E-state index is 11.6. The zero-order valence-electron chi connectivity index (χ0n) is 18.3. The zero-order valence-corrected chi connectivity index (χ0v) is 18.3. The van der Waals surface area contributed by atoms with Gasteiger partial charge < -0.3 is 14.6 Å². The molecule has 2 atom stereocenters. The first-order valence-corrected chi connectivity index (χ1v) is 11.1. The minimum absolute atomic E-state index is 0.198. The molecule has 0 aliphatic rings. The molecule has 164 valence electrons. The van der Waals surface area contributed by atoms with E-state index in [2.05, 4.69) is 19.1 Å². The number of unbranched alkanes of at least 4 members (excludes halogenated alkanes) is 8. The second-order valence-corrected chi connectivity index (χ2v) is 7.44. The lowest BCUT2D eigenvalue weighted by Crippen LogP contribution is -2.26. The van der Waals surface area contributed by atoms with Gasteiger partial charge in [0.2, 0.25) is 0 Å². The number of rotatable bonds is 18. The van der Waals surface area contributed by atoms with Crippen LogP contribution < -0.4 is 0 Å². The molecule has 0 aromatic carbocycles. The van der Waals surface area contributed by atoms with Gasteiger partial charge in [0.05, 0.1) is 6.10 Å². The Morgan fingerprint density at radius 2 is 1.61 bits per heavy atom. The number of esters is 2. The molecular weight excluding hydrogens is 356 g/mol. The van der Waals surface area contributed by atoms with Crippen molar-refractivity contribution in [3.8, 4) is 0 Å². The van der Waals surface area contributed by atoms with Gasteiger partial charge in [0, 0.05) is 13.5 Å². The van der Waals surface area contributed by atoms with Crippen LogP contribution in [0.2, 0.25) is 0 Å². The predicted molar refractivity (Wildman–Crippen MR) is 113 cm³/mol. The Bertz CT molecular complexity index is 415. The number of hydrogen-bond acceptors (Lipinski definition) is 5. The van der Waals surface area contributed by atoms with Crippen LogP contribution in [0.1, 0.15) is 104 Å². The Morgan fingerprint density at radius 1 is 0.929 bits per heavy atom. The van der Waals surface area contributed by atoms with E-state index in [0.29, 0.717) is 6.42 Å². The van der Waals surface area contributed by atoms with E-state index in [-0.39, 0.29) is 12.5 Å². The van der Waals surface area contributed by atoms with Crippen molar-refractivity contribution < 1.29 is 24.2 Å². The quantitative estimate of drug-likeness (QED) is 0.143. The highest BCUT2D eigenvalue weighted by atomic mass is 16.6. The van der Waals surface area contributed by atoms with Gasteiger partial charge in [0.15, 0.2) is 6.10 Å². The molecule has 0 spiro atoms. The summed E-state index contributed by atoms with van der Waals surface area (Å²) < 4.78 is 9.74. The second-order valence-electron chi connectivity index (χ2n) is 7.44. The van der Waals surface area contributed by atoms with E-state index in [9.17, 15) is 14.7 Å². The number of ether oxygens (including phenoxy) is 2. The number of carbonyl (C=O) groups excluding carboxylic acids is 2. The van der Waals surface area contributed by atoms with Crippen molar-refractivity contribution >= 4 is 11.9 Å². The fourth-order valence-corrected chi connectivity index (χ4v) is 3.02. The first-order valence-electron chi connectivity index (χ1n) is 11.1. The lowest BCUT2D eigenvalue weighted by Gasteiger charge is -2.10. The molecule has 0 rings (SSSR count). The molecule has 0 aromatic rings. The Morgan fingerprint density at radius 3 is 2.29 bits per heavy atom. The van der Waals surface area contributed by atoms with E-state index in [1.807, 2.05) is 6.92 Å². The first-order chi connectivity index (χ1) is 13.5. The van der Waals surface area contributed by atoms with Crippen molar-refractivity contribution in [3.63, 3.8) is 0 Å². The Hall–Kier alpha value is -1.20. The average molecular weight is 399 g/mol. The fraction of sp³-hybridized carbons (Fsp3) is 0.826. The molecule has 1 unspecified atom stereocenters. The maximum Gasteiger partial charge on any atom is 0.342 e. The summed E-state index contributed by atoms with van der Waals surface area (Å²) in [6.07, 6.45) is 16.7. The van der Waals surface area contributed by atoms with Gasteiger partial charge >= 0.3 is 11.9 Å². The molecule has 0 radical (unpaired) electrons. The summed E-state index contributed by atoms with van der Waals surface area (Å²) in [5.74, 6) is -1.05. The minimum atomic E-state index is -0.654. The summed E-state index contributed by atoms with van der Waals surface area (Å²) in [6.45, 7) is 4.01. The summed E-state index contributed by atoms with van der Waals surface area (Å²) in [6, 6.07) is 0. The van der Waals surface area contributed by atoms with Crippen LogP contribution in [-0.2, 0) is 19.1 Å². The van der Waals surface area contributed by atoms with Gasteiger partial charge in [-0.15, -0.1) is 0 Å². The fourth-order valence-electron chi connectivity index (χ4n) is 3.02. The van der Waals surface area contributed by atoms with Crippen molar-refractivity contribution in [2.24, 2.45) is 0 Å². The predicted octanol–water partition coefficient (Wildman–Crippen LogP) is 5.49. The van der Waals surface area contributed by atoms with Crippen LogP contribution in [0.4, 0.5) is 0 Å². The number of allylic oxidation sites excluding steroid dienone is 1. The van der Waals surface area contributed by atoms with Crippen LogP contribution in [0.5, 0.6) is 0 Å². The Kier molecular flexibility index (Phi) is 18.3. The molecule has 0 heterocycles. The topological polar surface area (TPSA) is 72.8 Å².